The van der Waals surface area contributed by atoms with Crippen LogP contribution in [-0.2, 0) is 4.79 Å². The molecule has 4 rings (SSSR count). The lowest BCUT2D eigenvalue weighted by Crippen LogP contribution is -2.32. The number of thioether (sulfide) groups is 1. The number of aromatic nitrogens is 2. The normalized spacial score (nSPS) is 17.0. The number of amides is 1. The fourth-order valence-electron chi connectivity index (χ4n) is 2.82. The van der Waals surface area contributed by atoms with Crippen LogP contribution in [0.4, 0.5) is 0 Å². The Kier molecular flexibility index (Phi) is 4.99. The van der Waals surface area contributed by atoms with Gasteiger partial charge in [-0.3, -0.25) is 9.78 Å². The highest BCUT2D eigenvalue weighted by atomic mass is 35.5. The molecule has 134 valence electrons. The second-order valence-corrected chi connectivity index (χ2v) is 7.24. The molecule has 0 radical (unpaired) electrons. The number of oxazole rings is 1. The molecule has 1 aromatic carbocycles. The summed E-state index contributed by atoms with van der Waals surface area (Å²) in [6.45, 7) is 1.21. The van der Waals surface area contributed by atoms with E-state index < -0.39 is 0 Å². The Morgan fingerprint density at radius 3 is 3.12 bits per heavy atom. The van der Waals surface area contributed by atoms with Crippen LogP contribution >= 0.6 is 23.4 Å². The molecule has 3 heterocycles. The molecule has 1 aliphatic rings. The standard InChI is InChI=1S/C18H16ClN3O3S/c19-13-9-20-7-5-15(13)24-12-6-8-22(10-12)17(23)11-26-18-21-14-3-1-2-4-16(14)25-18/h1-5,7,9,12H,6,8,10-11H2/t12-/m1/s1. The lowest BCUT2D eigenvalue weighted by Gasteiger charge is -2.17. The number of rotatable bonds is 5. The van der Waals surface area contributed by atoms with Gasteiger partial charge in [-0.15, -0.1) is 0 Å². The van der Waals surface area contributed by atoms with E-state index in [-0.39, 0.29) is 17.8 Å². The SMILES string of the molecule is O=C(CSc1nc2ccccc2o1)N1CC[C@@H](Oc2ccncc2Cl)C1. The van der Waals surface area contributed by atoms with E-state index in [1.807, 2.05) is 24.3 Å². The van der Waals surface area contributed by atoms with Gasteiger partial charge in [0.1, 0.15) is 22.4 Å². The molecule has 1 atom stereocenters. The molecule has 2 aromatic heterocycles. The van der Waals surface area contributed by atoms with Crippen molar-refractivity contribution < 1.29 is 13.9 Å². The van der Waals surface area contributed by atoms with E-state index in [4.69, 9.17) is 20.8 Å². The third kappa shape index (κ3) is 3.78. The van der Waals surface area contributed by atoms with Crippen molar-refractivity contribution in [1.82, 2.24) is 14.9 Å². The first-order valence-corrected chi connectivity index (χ1v) is 9.58. The van der Waals surface area contributed by atoms with Gasteiger partial charge < -0.3 is 14.1 Å². The predicted molar refractivity (Wildman–Crippen MR) is 99.6 cm³/mol. The number of hydrogen-bond donors (Lipinski definition) is 0. The summed E-state index contributed by atoms with van der Waals surface area (Å²) >= 11 is 7.37. The highest BCUT2D eigenvalue weighted by molar-refractivity contribution is 7.99. The second-order valence-electron chi connectivity index (χ2n) is 5.91. The average Bonchev–Trinajstić information content (AvgIpc) is 3.28. The number of likely N-dealkylation sites (tertiary alicyclic amines) is 1. The molecule has 1 aliphatic heterocycles. The number of pyridine rings is 1. The Labute approximate surface area is 159 Å². The third-order valence-electron chi connectivity index (χ3n) is 4.12. The summed E-state index contributed by atoms with van der Waals surface area (Å²) in [4.78, 5) is 22.6. The van der Waals surface area contributed by atoms with Crippen molar-refractivity contribution in [2.45, 2.75) is 17.7 Å². The van der Waals surface area contributed by atoms with Gasteiger partial charge >= 0.3 is 0 Å². The van der Waals surface area contributed by atoms with Crippen LogP contribution in [-0.4, -0.2) is 45.7 Å². The molecule has 0 saturated carbocycles. The van der Waals surface area contributed by atoms with Crippen molar-refractivity contribution in [3.63, 3.8) is 0 Å². The van der Waals surface area contributed by atoms with E-state index in [0.717, 1.165) is 17.5 Å². The molecular formula is C18H16ClN3O3S. The maximum atomic E-state index is 12.4. The molecule has 1 fully saturated rings. The summed E-state index contributed by atoms with van der Waals surface area (Å²) in [5.41, 5.74) is 1.53. The number of para-hydroxylation sites is 2. The molecule has 26 heavy (non-hydrogen) atoms. The number of carbonyl (C=O) groups is 1. The van der Waals surface area contributed by atoms with Crippen LogP contribution in [0.1, 0.15) is 6.42 Å². The van der Waals surface area contributed by atoms with E-state index in [1.165, 1.54) is 11.8 Å². The molecule has 8 heteroatoms. The van der Waals surface area contributed by atoms with Gasteiger partial charge in [-0.05, 0) is 12.1 Å². The molecule has 0 unspecified atom stereocenters. The highest BCUT2D eigenvalue weighted by Gasteiger charge is 2.28. The quantitative estimate of drug-likeness (QED) is 0.620. The second kappa shape index (κ2) is 7.55. The van der Waals surface area contributed by atoms with Gasteiger partial charge in [0.2, 0.25) is 5.91 Å². The number of nitrogens with zero attached hydrogens (tertiary/aromatic N) is 3. The van der Waals surface area contributed by atoms with Gasteiger partial charge in [0.25, 0.3) is 5.22 Å². The summed E-state index contributed by atoms with van der Waals surface area (Å²) in [5.74, 6) is 0.932. The highest BCUT2D eigenvalue weighted by Crippen LogP contribution is 2.27. The van der Waals surface area contributed by atoms with Crippen LogP contribution in [0.3, 0.4) is 0 Å². The molecule has 6 nitrogen and oxygen atoms in total. The van der Waals surface area contributed by atoms with Crippen LogP contribution in [0.5, 0.6) is 5.75 Å². The topological polar surface area (TPSA) is 68.5 Å². The molecular weight excluding hydrogens is 374 g/mol. The Morgan fingerprint density at radius 2 is 2.27 bits per heavy atom. The molecule has 1 saturated heterocycles. The number of ether oxygens (including phenoxy) is 1. The van der Waals surface area contributed by atoms with Crippen LogP contribution in [0, 0.1) is 0 Å². The smallest absolute Gasteiger partial charge is 0.257 e. The first-order valence-electron chi connectivity index (χ1n) is 8.21. The van der Waals surface area contributed by atoms with E-state index in [0.29, 0.717) is 29.1 Å². The van der Waals surface area contributed by atoms with E-state index in [1.54, 1.807) is 23.4 Å². The number of benzene rings is 1. The maximum absolute atomic E-state index is 12.4. The molecule has 3 aromatic rings. The Bertz CT molecular complexity index is 900. The van der Waals surface area contributed by atoms with Crippen molar-refractivity contribution in [1.29, 1.82) is 0 Å². The summed E-state index contributed by atoms with van der Waals surface area (Å²) in [5, 5.41) is 0.985. The van der Waals surface area contributed by atoms with E-state index in [2.05, 4.69) is 9.97 Å². The maximum Gasteiger partial charge on any atom is 0.257 e. The predicted octanol–water partition coefficient (Wildman–Crippen LogP) is 3.65. The molecule has 0 spiro atoms. The monoisotopic (exact) mass is 389 g/mol. The average molecular weight is 390 g/mol. The van der Waals surface area contributed by atoms with E-state index in [9.17, 15) is 4.79 Å². The van der Waals surface area contributed by atoms with Crippen molar-refractivity contribution in [2.75, 3.05) is 18.8 Å². The Hall–Kier alpha value is -2.25. The zero-order chi connectivity index (χ0) is 17.9. The number of hydrogen-bond acceptors (Lipinski definition) is 6. The summed E-state index contributed by atoms with van der Waals surface area (Å²) < 4.78 is 11.5. The van der Waals surface area contributed by atoms with Crippen LogP contribution < -0.4 is 4.74 Å². The van der Waals surface area contributed by atoms with Crippen molar-refractivity contribution in [2.24, 2.45) is 0 Å². The minimum absolute atomic E-state index is 0.0455. The molecule has 0 bridgehead atoms. The lowest BCUT2D eigenvalue weighted by molar-refractivity contribution is -0.127. The zero-order valence-electron chi connectivity index (χ0n) is 13.8. The van der Waals surface area contributed by atoms with Crippen molar-refractivity contribution in [3.05, 3.63) is 47.7 Å². The fraction of sp³-hybridized carbons (Fsp3) is 0.278. The Morgan fingerprint density at radius 1 is 1.38 bits per heavy atom. The van der Waals surface area contributed by atoms with Crippen molar-refractivity contribution in [3.8, 4) is 5.75 Å². The minimum Gasteiger partial charge on any atom is -0.487 e. The van der Waals surface area contributed by atoms with Gasteiger partial charge in [-0.1, -0.05) is 35.5 Å². The summed E-state index contributed by atoms with van der Waals surface area (Å²) in [6.07, 6.45) is 3.90. The molecule has 0 N–H and O–H groups in total. The van der Waals surface area contributed by atoms with Gasteiger partial charge in [0.15, 0.2) is 5.58 Å². The number of halogens is 1. The van der Waals surface area contributed by atoms with Crippen LogP contribution in [0.25, 0.3) is 11.1 Å². The van der Waals surface area contributed by atoms with Crippen molar-refractivity contribution >= 4 is 40.4 Å². The number of carbonyl (C=O) groups excluding carboxylic acids is 1. The molecule has 1 amide bonds. The largest absolute Gasteiger partial charge is 0.487 e. The van der Waals surface area contributed by atoms with Gasteiger partial charge in [-0.25, -0.2) is 4.98 Å². The first kappa shape index (κ1) is 17.2. The lowest BCUT2D eigenvalue weighted by atomic mass is 10.3. The van der Waals surface area contributed by atoms with Gasteiger partial charge in [-0.2, -0.15) is 0 Å². The van der Waals surface area contributed by atoms with Gasteiger partial charge in [0, 0.05) is 31.4 Å². The van der Waals surface area contributed by atoms with E-state index >= 15 is 0 Å². The Balaban J connectivity index is 1.31. The fourth-order valence-corrected chi connectivity index (χ4v) is 3.72. The van der Waals surface area contributed by atoms with Gasteiger partial charge in [0.05, 0.1) is 12.3 Å². The van der Waals surface area contributed by atoms with Crippen LogP contribution in [0.15, 0.2) is 52.4 Å². The molecule has 0 aliphatic carbocycles. The summed E-state index contributed by atoms with van der Waals surface area (Å²) in [6, 6.07) is 9.28. The zero-order valence-corrected chi connectivity index (χ0v) is 15.4. The third-order valence-corrected chi connectivity index (χ3v) is 5.22. The van der Waals surface area contributed by atoms with Crippen LogP contribution in [0.2, 0.25) is 5.02 Å². The summed E-state index contributed by atoms with van der Waals surface area (Å²) in [7, 11) is 0. The number of fused-ring (bicyclic) bond motifs is 1. The minimum atomic E-state index is -0.0619. The first-order chi connectivity index (χ1) is 12.7.